The zero-order valence-corrected chi connectivity index (χ0v) is 15.0. The molecular weight excluding hydrogens is 308 g/mol. The Balaban J connectivity index is 1.73. The summed E-state index contributed by atoms with van der Waals surface area (Å²) >= 11 is 6.58. The fourth-order valence-corrected chi connectivity index (χ4v) is 3.73. The predicted molar refractivity (Wildman–Crippen MR) is 95.8 cm³/mol. The molecule has 1 aliphatic rings. The lowest BCUT2D eigenvalue weighted by Gasteiger charge is -2.22. The number of alkyl halides is 1. The van der Waals surface area contributed by atoms with E-state index in [1.165, 1.54) is 56.8 Å². The molecule has 1 atom stereocenters. The number of methoxy groups -OCH3 is 1. The van der Waals surface area contributed by atoms with Gasteiger partial charge < -0.3 is 4.74 Å². The Labute approximate surface area is 145 Å². The maximum absolute atomic E-state index is 11.1. The largest absolute Gasteiger partial charge is 0.469 e. The molecule has 1 aromatic rings. The number of halogens is 1. The Morgan fingerprint density at radius 3 is 2.57 bits per heavy atom. The molecule has 1 saturated carbocycles. The van der Waals surface area contributed by atoms with Gasteiger partial charge in [-0.2, -0.15) is 0 Å². The van der Waals surface area contributed by atoms with Crippen LogP contribution in [0.3, 0.4) is 0 Å². The van der Waals surface area contributed by atoms with Gasteiger partial charge in [0.25, 0.3) is 0 Å². The Kier molecular flexibility index (Phi) is 7.94. The van der Waals surface area contributed by atoms with Gasteiger partial charge in [-0.15, -0.1) is 11.6 Å². The van der Waals surface area contributed by atoms with Gasteiger partial charge in [-0.25, -0.2) is 0 Å². The van der Waals surface area contributed by atoms with Gasteiger partial charge in [0, 0.05) is 6.42 Å². The third-order valence-electron chi connectivity index (χ3n) is 4.97. The Bertz CT molecular complexity index is 463. The van der Waals surface area contributed by atoms with E-state index in [-0.39, 0.29) is 11.3 Å². The number of rotatable bonds is 8. The summed E-state index contributed by atoms with van der Waals surface area (Å²) in [4.78, 5) is 11.1. The van der Waals surface area contributed by atoms with Crippen LogP contribution in [0.15, 0.2) is 24.3 Å². The van der Waals surface area contributed by atoms with Crippen molar-refractivity contribution in [1.82, 2.24) is 0 Å². The van der Waals surface area contributed by atoms with Crippen LogP contribution in [-0.2, 0) is 16.0 Å². The molecule has 2 nitrogen and oxygen atoms in total. The Hall–Kier alpha value is -1.02. The van der Waals surface area contributed by atoms with Gasteiger partial charge in [0.05, 0.1) is 12.5 Å². The van der Waals surface area contributed by atoms with Gasteiger partial charge in [-0.3, -0.25) is 4.79 Å². The third kappa shape index (κ3) is 6.55. The molecule has 0 spiro atoms. The molecule has 0 aliphatic heterocycles. The minimum atomic E-state index is -0.134. The number of ether oxygens (including phenoxy) is 1. The van der Waals surface area contributed by atoms with Crippen LogP contribution in [0, 0.1) is 5.92 Å². The molecule has 0 heterocycles. The van der Waals surface area contributed by atoms with Crippen LogP contribution in [0.25, 0.3) is 0 Å². The molecule has 128 valence electrons. The van der Waals surface area contributed by atoms with Crippen molar-refractivity contribution < 1.29 is 9.53 Å². The summed E-state index contributed by atoms with van der Waals surface area (Å²) in [7, 11) is 1.44. The fourth-order valence-electron chi connectivity index (χ4n) is 3.46. The monoisotopic (exact) mass is 336 g/mol. The van der Waals surface area contributed by atoms with Gasteiger partial charge in [0.1, 0.15) is 0 Å². The fraction of sp³-hybridized carbons (Fsp3) is 0.650. The number of hydrogen-bond donors (Lipinski definition) is 0. The summed E-state index contributed by atoms with van der Waals surface area (Å²) in [6, 6.07) is 8.57. The maximum Gasteiger partial charge on any atom is 0.305 e. The molecular formula is C20H29ClO2. The van der Waals surface area contributed by atoms with E-state index in [0.29, 0.717) is 6.42 Å². The number of carbonyl (C=O) groups excluding carboxylic acids is 1. The average Bonchev–Trinajstić information content (AvgIpc) is 2.61. The van der Waals surface area contributed by atoms with Crippen LogP contribution in [0.5, 0.6) is 0 Å². The van der Waals surface area contributed by atoms with Crippen molar-refractivity contribution in [3.05, 3.63) is 35.4 Å². The van der Waals surface area contributed by atoms with Crippen LogP contribution in [0.1, 0.15) is 74.3 Å². The normalized spacial score (nSPS) is 17.0. The van der Waals surface area contributed by atoms with Crippen molar-refractivity contribution in [2.45, 2.75) is 69.6 Å². The van der Waals surface area contributed by atoms with E-state index >= 15 is 0 Å². The van der Waals surface area contributed by atoms with Crippen molar-refractivity contribution in [3.8, 4) is 0 Å². The van der Waals surface area contributed by atoms with Gasteiger partial charge in [0.2, 0.25) is 0 Å². The minimum absolute atomic E-state index is 0.126. The maximum atomic E-state index is 11.1. The lowest BCUT2D eigenvalue weighted by Crippen LogP contribution is -2.07. The molecule has 3 heteroatoms. The summed E-state index contributed by atoms with van der Waals surface area (Å²) in [5.74, 6) is 0.757. The van der Waals surface area contributed by atoms with E-state index in [0.717, 1.165) is 25.2 Å². The lowest BCUT2D eigenvalue weighted by atomic mass is 9.85. The first-order chi connectivity index (χ1) is 11.2. The van der Waals surface area contributed by atoms with Gasteiger partial charge >= 0.3 is 5.97 Å². The van der Waals surface area contributed by atoms with Gasteiger partial charge in [-0.05, 0) is 42.7 Å². The summed E-state index contributed by atoms with van der Waals surface area (Å²) in [5, 5.41) is 0.126. The predicted octanol–water partition coefficient (Wildman–Crippen LogP) is 5.82. The van der Waals surface area contributed by atoms with E-state index < -0.39 is 0 Å². The molecule has 1 aromatic carbocycles. The highest BCUT2D eigenvalue weighted by atomic mass is 35.5. The van der Waals surface area contributed by atoms with E-state index in [1.54, 1.807) is 0 Å². The van der Waals surface area contributed by atoms with Crippen LogP contribution in [0.4, 0.5) is 0 Å². The Morgan fingerprint density at radius 1 is 1.22 bits per heavy atom. The van der Waals surface area contributed by atoms with E-state index in [1.807, 2.05) is 0 Å². The Morgan fingerprint density at radius 2 is 1.91 bits per heavy atom. The molecule has 1 fully saturated rings. The second kappa shape index (κ2) is 9.97. The SMILES string of the molecule is COC(=O)CCCc1ccc(C(Cl)CCC2CCCCC2)cc1. The van der Waals surface area contributed by atoms with Gasteiger partial charge in [-0.1, -0.05) is 56.4 Å². The summed E-state index contributed by atoms with van der Waals surface area (Å²) in [6.45, 7) is 0. The number of hydrogen-bond acceptors (Lipinski definition) is 2. The molecule has 2 rings (SSSR count). The zero-order chi connectivity index (χ0) is 16.5. The molecule has 0 N–H and O–H groups in total. The molecule has 1 aliphatic carbocycles. The highest BCUT2D eigenvalue weighted by molar-refractivity contribution is 6.20. The summed E-state index contributed by atoms with van der Waals surface area (Å²) < 4.78 is 4.66. The summed E-state index contributed by atoms with van der Waals surface area (Å²) in [6.07, 6.45) is 11.6. The van der Waals surface area contributed by atoms with Crippen molar-refractivity contribution in [1.29, 1.82) is 0 Å². The number of carbonyl (C=O) groups is 1. The second-order valence-electron chi connectivity index (χ2n) is 6.72. The number of aryl methyl sites for hydroxylation is 1. The third-order valence-corrected chi connectivity index (χ3v) is 5.44. The van der Waals surface area contributed by atoms with Crippen molar-refractivity contribution in [2.24, 2.45) is 5.92 Å². The first kappa shape index (κ1) is 18.3. The molecule has 1 unspecified atom stereocenters. The standard InChI is InChI=1S/C20H29ClO2/c1-23-20(22)9-5-8-17-10-13-18(14-11-17)19(21)15-12-16-6-3-2-4-7-16/h10-11,13-14,16,19H,2-9,12,15H2,1H3. The van der Waals surface area contributed by atoms with Crippen LogP contribution in [0.2, 0.25) is 0 Å². The van der Waals surface area contributed by atoms with Gasteiger partial charge in [0.15, 0.2) is 0 Å². The minimum Gasteiger partial charge on any atom is -0.469 e. The first-order valence-electron chi connectivity index (χ1n) is 8.98. The molecule has 0 bridgehead atoms. The van der Waals surface area contributed by atoms with Crippen LogP contribution >= 0.6 is 11.6 Å². The number of esters is 1. The van der Waals surface area contributed by atoms with Crippen molar-refractivity contribution in [3.63, 3.8) is 0 Å². The van der Waals surface area contributed by atoms with E-state index in [9.17, 15) is 4.79 Å². The van der Waals surface area contributed by atoms with E-state index in [2.05, 4.69) is 29.0 Å². The smallest absolute Gasteiger partial charge is 0.305 e. The van der Waals surface area contributed by atoms with Crippen LogP contribution < -0.4 is 0 Å². The lowest BCUT2D eigenvalue weighted by molar-refractivity contribution is -0.140. The van der Waals surface area contributed by atoms with Crippen LogP contribution in [-0.4, -0.2) is 13.1 Å². The number of benzene rings is 1. The molecule has 0 aromatic heterocycles. The average molecular weight is 337 g/mol. The van der Waals surface area contributed by atoms with Crippen molar-refractivity contribution in [2.75, 3.05) is 7.11 Å². The second-order valence-corrected chi connectivity index (χ2v) is 7.25. The quantitative estimate of drug-likeness (QED) is 0.441. The summed E-state index contributed by atoms with van der Waals surface area (Å²) in [5.41, 5.74) is 2.48. The van der Waals surface area contributed by atoms with E-state index in [4.69, 9.17) is 11.6 Å². The highest BCUT2D eigenvalue weighted by Crippen LogP contribution is 2.33. The molecule has 0 amide bonds. The highest BCUT2D eigenvalue weighted by Gasteiger charge is 2.16. The molecule has 23 heavy (non-hydrogen) atoms. The zero-order valence-electron chi connectivity index (χ0n) is 14.2. The van der Waals surface area contributed by atoms with Crippen molar-refractivity contribution >= 4 is 17.6 Å². The molecule has 0 radical (unpaired) electrons. The molecule has 0 saturated heterocycles. The topological polar surface area (TPSA) is 26.3 Å². The first-order valence-corrected chi connectivity index (χ1v) is 9.42.